The molecule has 0 radical (unpaired) electrons. The first kappa shape index (κ1) is 23.2. The van der Waals surface area contributed by atoms with Crippen LogP contribution in [0.15, 0.2) is 24.5 Å². The van der Waals surface area contributed by atoms with Gasteiger partial charge >= 0.3 is 6.18 Å². The third-order valence-corrected chi connectivity index (χ3v) is 5.07. The first-order chi connectivity index (χ1) is 13.2. The molecule has 0 aliphatic carbocycles. The van der Waals surface area contributed by atoms with Gasteiger partial charge in [-0.1, -0.05) is 13.8 Å². The summed E-state index contributed by atoms with van der Waals surface area (Å²) in [6.07, 6.45) is -0.412. The van der Waals surface area contributed by atoms with Crippen molar-refractivity contribution in [2.45, 2.75) is 44.8 Å². The topological polar surface area (TPSA) is 63.1 Å². The van der Waals surface area contributed by atoms with Crippen LogP contribution in [-0.2, 0) is 6.18 Å². The van der Waals surface area contributed by atoms with Gasteiger partial charge in [0.2, 0.25) is 0 Å². The molecule has 29 heavy (non-hydrogen) atoms. The molecule has 1 fully saturated rings. The molecule has 2 aromatic rings. The molecule has 1 saturated heterocycles. The molecule has 0 aromatic carbocycles. The van der Waals surface area contributed by atoms with Crippen molar-refractivity contribution in [1.29, 1.82) is 0 Å². The van der Waals surface area contributed by atoms with Crippen LogP contribution in [0.4, 0.5) is 13.2 Å². The Hall–Kier alpha value is -2.13. The Labute approximate surface area is 173 Å². The van der Waals surface area contributed by atoms with E-state index in [9.17, 15) is 18.0 Å². The van der Waals surface area contributed by atoms with Gasteiger partial charge in [0.25, 0.3) is 5.91 Å². The summed E-state index contributed by atoms with van der Waals surface area (Å²) in [6.45, 7) is 5.15. The number of nitrogens with zero attached hydrogens (tertiary/aromatic N) is 4. The predicted octanol–water partition coefficient (Wildman–Crippen LogP) is 3.66. The minimum absolute atomic E-state index is 0. The third-order valence-electron chi connectivity index (χ3n) is 5.07. The van der Waals surface area contributed by atoms with Crippen molar-refractivity contribution in [2.24, 2.45) is 0 Å². The molecule has 0 atom stereocenters. The fraction of sp³-hybridized carbons (Fsp3) is 0.526. The highest BCUT2D eigenvalue weighted by Gasteiger charge is 2.31. The number of hydrogen-bond acceptors (Lipinski definition) is 4. The van der Waals surface area contributed by atoms with Crippen molar-refractivity contribution in [3.05, 3.63) is 41.3 Å². The minimum atomic E-state index is -4.45. The van der Waals surface area contributed by atoms with Crippen molar-refractivity contribution in [3.63, 3.8) is 0 Å². The van der Waals surface area contributed by atoms with Crippen LogP contribution in [0.3, 0.4) is 0 Å². The molecular weight excluding hydrogens is 407 g/mol. The largest absolute Gasteiger partial charge is 0.417 e. The Morgan fingerprint density at radius 3 is 2.34 bits per heavy atom. The molecular formula is C19H25ClF3N5O. The van der Waals surface area contributed by atoms with E-state index in [1.54, 1.807) is 4.90 Å². The van der Waals surface area contributed by atoms with Gasteiger partial charge in [0, 0.05) is 25.3 Å². The lowest BCUT2D eigenvalue weighted by Crippen LogP contribution is -2.44. The van der Waals surface area contributed by atoms with E-state index < -0.39 is 11.7 Å². The lowest BCUT2D eigenvalue weighted by atomic mass is 10.0. The van der Waals surface area contributed by atoms with Crippen LogP contribution in [0.1, 0.15) is 54.2 Å². The van der Waals surface area contributed by atoms with E-state index in [0.29, 0.717) is 30.4 Å². The Morgan fingerprint density at radius 1 is 1.21 bits per heavy atom. The highest BCUT2D eigenvalue weighted by atomic mass is 35.5. The monoisotopic (exact) mass is 431 g/mol. The molecule has 3 rings (SSSR count). The van der Waals surface area contributed by atoms with Gasteiger partial charge in [0.15, 0.2) is 5.82 Å². The summed E-state index contributed by atoms with van der Waals surface area (Å²) in [4.78, 5) is 18.8. The maximum absolute atomic E-state index is 13.0. The molecule has 0 bridgehead atoms. The average Bonchev–Trinajstić information content (AvgIpc) is 3.12. The van der Waals surface area contributed by atoms with E-state index in [1.165, 1.54) is 16.9 Å². The fourth-order valence-corrected chi connectivity index (χ4v) is 3.48. The number of halogens is 4. The van der Waals surface area contributed by atoms with Crippen LogP contribution >= 0.6 is 12.4 Å². The fourth-order valence-electron chi connectivity index (χ4n) is 3.48. The summed E-state index contributed by atoms with van der Waals surface area (Å²) in [5.41, 5.74) is 0.297. The van der Waals surface area contributed by atoms with Crippen molar-refractivity contribution < 1.29 is 18.0 Å². The van der Waals surface area contributed by atoms with Crippen LogP contribution in [0, 0.1) is 0 Å². The van der Waals surface area contributed by atoms with Gasteiger partial charge in [-0.15, -0.1) is 12.4 Å². The summed E-state index contributed by atoms with van der Waals surface area (Å²) in [5, 5.41) is 7.49. The molecule has 10 heteroatoms. The van der Waals surface area contributed by atoms with Crippen molar-refractivity contribution >= 4 is 18.3 Å². The second kappa shape index (κ2) is 9.13. The number of piperidine rings is 1. The van der Waals surface area contributed by atoms with Crippen LogP contribution in [0.2, 0.25) is 0 Å². The standard InChI is InChI=1S/C19H24F3N5O.ClH/c1-12(2)17-15(18(28)26-8-6-14(23-3)7-9-26)11-25-27(17)16-5-4-13(10-24-16)19(20,21)22;/h4-5,10-12,14,23H,6-9H2,1-3H3;1H. The zero-order chi connectivity index (χ0) is 20.5. The summed E-state index contributed by atoms with van der Waals surface area (Å²) >= 11 is 0. The number of carbonyl (C=O) groups is 1. The van der Waals surface area contributed by atoms with Crippen molar-refractivity contribution in [1.82, 2.24) is 25.0 Å². The van der Waals surface area contributed by atoms with Gasteiger partial charge < -0.3 is 10.2 Å². The Balaban J connectivity index is 0.00000300. The molecule has 1 N–H and O–H groups in total. The van der Waals surface area contributed by atoms with Gasteiger partial charge in [0.1, 0.15) is 0 Å². The molecule has 1 aliphatic rings. The number of rotatable bonds is 4. The minimum Gasteiger partial charge on any atom is -0.338 e. The number of aromatic nitrogens is 3. The van der Waals surface area contributed by atoms with E-state index in [0.717, 1.165) is 25.1 Å². The predicted molar refractivity (Wildman–Crippen MR) is 106 cm³/mol. The van der Waals surface area contributed by atoms with Gasteiger partial charge in [0.05, 0.1) is 23.0 Å². The van der Waals surface area contributed by atoms with Gasteiger partial charge in [-0.2, -0.15) is 18.3 Å². The highest BCUT2D eigenvalue weighted by Crippen LogP contribution is 2.30. The van der Waals surface area contributed by atoms with E-state index in [4.69, 9.17) is 0 Å². The van der Waals surface area contributed by atoms with Crippen LogP contribution < -0.4 is 5.32 Å². The van der Waals surface area contributed by atoms with Gasteiger partial charge in [-0.25, -0.2) is 9.67 Å². The summed E-state index contributed by atoms with van der Waals surface area (Å²) < 4.78 is 39.8. The van der Waals surface area contributed by atoms with Crippen LogP contribution in [-0.4, -0.2) is 51.8 Å². The smallest absolute Gasteiger partial charge is 0.338 e. The SMILES string of the molecule is CNC1CCN(C(=O)c2cnn(-c3ccc(C(F)(F)F)cn3)c2C(C)C)CC1.Cl. The van der Waals surface area contributed by atoms with E-state index >= 15 is 0 Å². The molecule has 1 amide bonds. The maximum Gasteiger partial charge on any atom is 0.417 e. The number of nitrogens with one attached hydrogen (secondary N) is 1. The zero-order valence-corrected chi connectivity index (χ0v) is 17.3. The third kappa shape index (κ3) is 4.90. The second-order valence-corrected chi connectivity index (χ2v) is 7.27. The van der Waals surface area contributed by atoms with Crippen LogP contribution in [0.5, 0.6) is 0 Å². The molecule has 2 aromatic heterocycles. The molecule has 1 aliphatic heterocycles. The summed E-state index contributed by atoms with van der Waals surface area (Å²) in [5.74, 6) is 0.0986. The maximum atomic E-state index is 13.0. The molecule has 3 heterocycles. The number of pyridine rings is 1. The van der Waals surface area contributed by atoms with Gasteiger partial charge in [-0.3, -0.25) is 4.79 Å². The molecule has 6 nitrogen and oxygen atoms in total. The Morgan fingerprint density at radius 2 is 1.86 bits per heavy atom. The highest BCUT2D eigenvalue weighted by molar-refractivity contribution is 5.95. The number of likely N-dealkylation sites (tertiary alicyclic amines) is 1. The normalized spacial score (nSPS) is 15.5. The molecule has 0 unspecified atom stereocenters. The van der Waals surface area contributed by atoms with Crippen molar-refractivity contribution in [2.75, 3.05) is 20.1 Å². The first-order valence-electron chi connectivity index (χ1n) is 9.30. The summed E-state index contributed by atoms with van der Waals surface area (Å²) in [6, 6.07) is 2.65. The lowest BCUT2D eigenvalue weighted by molar-refractivity contribution is -0.137. The average molecular weight is 432 g/mol. The van der Waals surface area contributed by atoms with Crippen molar-refractivity contribution in [3.8, 4) is 5.82 Å². The van der Waals surface area contributed by atoms with E-state index in [2.05, 4.69) is 15.4 Å². The Bertz CT molecular complexity index is 827. The van der Waals surface area contributed by atoms with Gasteiger partial charge in [-0.05, 0) is 37.9 Å². The molecule has 0 spiro atoms. The van der Waals surface area contributed by atoms with Crippen LogP contribution in [0.25, 0.3) is 5.82 Å². The Kier molecular flexibility index (Phi) is 7.29. The molecule has 0 saturated carbocycles. The second-order valence-electron chi connectivity index (χ2n) is 7.27. The number of hydrogen-bond donors (Lipinski definition) is 1. The van der Waals surface area contributed by atoms with E-state index in [1.807, 2.05) is 20.9 Å². The quantitative estimate of drug-likeness (QED) is 0.802. The number of alkyl halides is 3. The number of carbonyl (C=O) groups excluding carboxylic acids is 1. The zero-order valence-electron chi connectivity index (χ0n) is 16.5. The first-order valence-corrected chi connectivity index (χ1v) is 9.30. The lowest BCUT2D eigenvalue weighted by Gasteiger charge is -2.32. The summed E-state index contributed by atoms with van der Waals surface area (Å²) in [7, 11) is 1.92. The molecule has 160 valence electrons. The van der Waals surface area contributed by atoms with E-state index in [-0.39, 0.29) is 30.0 Å². The number of amides is 1.